The summed E-state index contributed by atoms with van der Waals surface area (Å²) in [6, 6.07) is 5.01. The Kier molecular flexibility index (Phi) is 5.09. The van der Waals surface area contributed by atoms with Gasteiger partial charge in [0.05, 0.1) is 16.6 Å². The maximum absolute atomic E-state index is 12.1. The summed E-state index contributed by atoms with van der Waals surface area (Å²) in [7, 11) is 0. The highest BCUT2D eigenvalue weighted by Gasteiger charge is 2.34. The van der Waals surface area contributed by atoms with Gasteiger partial charge in [0, 0.05) is 37.8 Å². The Morgan fingerprint density at radius 1 is 1.09 bits per heavy atom. The Labute approximate surface area is 145 Å². The van der Waals surface area contributed by atoms with Crippen molar-refractivity contribution in [1.29, 1.82) is 0 Å². The number of halogens is 2. The zero-order valence-corrected chi connectivity index (χ0v) is 14.2. The number of hydrogen-bond donors (Lipinski definition) is 1. The van der Waals surface area contributed by atoms with E-state index in [1.807, 2.05) is 4.90 Å². The van der Waals surface area contributed by atoms with Crippen LogP contribution >= 0.6 is 23.2 Å². The lowest BCUT2D eigenvalue weighted by atomic mass is 10.2. The van der Waals surface area contributed by atoms with Crippen LogP contribution in [0.4, 0.5) is 5.69 Å². The van der Waals surface area contributed by atoms with Gasteiger partial charge in [0.15, 0.2) is 0 Å². The molecule has 0 bridgehead atoms. The van der Waals surface area contributed by atoms with E-state index in [1.165, 1.54) is 0 Å². The number of anilines is 1. The molecule has 0 radical (unpaired) electrons. The minimum absolute atomic E-state index is 0.0923. The van der Waals surface area contributed by atoms with Crippen molar-refractivity contribution in [3.63, 3.8) is 0 Å². The van der Waals surface area contributed by atoms with E-state index in [0.29, 0.717) is 35.4 Å². The fourth-order valence-electron chi connectivity index (χ4n) is 2.69. The first kappa shape index (κ1) is 16.6. The molecule has 7 heteroatoms. The second kappa shape index (κ2) is 7.07. The van der Waals surface area contributed by atoms with Gasteiger partial charge in [-0.1, -0.05) is 23.2 Å². The third kappa shape index (κ3) is 4.37. The largest absolute Gasteiger partial charge is 0.340 e. The highest BCUT2D eigenvalue weighted by Crippen LogP contribution is 2.31. The van der Waals surface area contributed by atoms with Crippen LogP contribution in [0.1, 0.15) is 12.8 Å². The number of hydrogen-bond acceptors (Lipinski definition) is 3. The minimum atomic E-state index is -0.0923. The van der Waals surface area contributed by atoms with Gasteiger partial charge in [-0.15, -0.1) is 0 Å². The first-order valence-electron chi connectivity index (χ1n) is 7.79. The second-order valence-electron chi connectivity index (χ2n) is 6.05. The van der Waals surface area contributed by atoms with Crippen LogP contribution in [-0.4, -0.2) is 54.3 Å². The number of rotatable bonds is 4. The normalized spacial score (nSPS) is 18.8. The molecule has 0 unspecified atom stereocenters. The van der Waals surface area contributed by atoms with Gasteiger partial charge in [0.2, 0.25) is 11.8 Å². The quantitative estimate of drug-likeness (QED) is 0.902. The van der Waals surface area contributed by atoms with Crippen LogP contribution in [0.15, 0.2) is 18.2 Å². The lowest BCUT2D eigenvalue weighted by molar-refractivity contribution is -0.134. The molecular weight excluding hydrogens is 337 g/mol. The standard InChI is InChI=1S/C16H19Cl2N3O2/c17-13-4-3-12(9-14(13)18)19-15(22)10-20-5-7-21(8-6-20)16(23)11-1-2-11/h3-4,9,11H,1-2,5-8,10H2,(H,19,22). The molecule has 2 aliphatic rings. The van der Waals surface area contributed by atoms with Crippen molar-refractivity contribution in [3.8, 4) is 0 Å². The molecule has 0 aromatic heterocycles. The van der Waals surface area contributed by atoms with E-state index in [2.05, 4.69) is 10.2 Å². The molecule has 1 saturated carbocycles. The zero-order chi connectivity index (χ0) is 16.4. The Morgan fingerprint density at radius 2 is 1.78 bits per heavy atom. The third-order valence-corrected chi connectivity index (χ3v) is 4.92. The summed E-state index contributed by atoms with van der Waals surface area (Å²) in [6.45, 7) is 3.18. The molecule has 1 N–H and O–H groups in total. The first-order valence-corrected chi connectivity index (χ1v) is 8.54. The number of carbonyl (C=O) groups is 2. The molecule has 1 aromatic carbocycles. The molecule has 2 fully saturated rings. The minimum Gasteiger partial charge on any atom is -0.340 e. The maximum atomic E-state index is 12.1. The lowest BCUT2D eigenvalue weighted by Gasteiger charge is -2.34. The Balaban J connectivity index is 1.45. The molecule has 2 amide bonds. The van der Waals surface area contributed by atoms with Gasteiger partial charge >= 0.3 is 0 Å². The van der Waals surface area contributed by atoms with Crippen LogP contribution in [0.5, 0.6) is 0 Å². The summed E-state index contributed by atoms with van der Waals surface area (Å²) in [5.74, 6) is 0.453. The van der Waals surface area contributed by atoms with Crippen molar-refractivity contribution in [2.75, 3.05) is 38.0 Å². The number of benzene rings is 1. The lowest BCUT2D eigenvalue weighted by Crippen LogP contribution is -2.50. The SMILES string of the molecule is O=C(CN1CCN(C(=O)C2CC2)CC1)Nc1ccc(Cl)c(Cl)c1. The molecule has 5 nitrogen and oxygen atoms in total. The fraction of sp³-hybridized carbons (Fsp3) is 0.500. The van der Waals surface area contributed by atoms with Crippen molar-refractivity contribution < 1.29 is 9.59 Å². The predicted molar refractivity (Wildman–Crippen MR) is 90.8 cm³/mol. The van der Waals surface area contributed by atoms with E-state index in [-0.39, 0.29) is 17.7 Å². The van der Waals surface area contributed by atoms with E-state index in [1.54, 1.807) is 18.2 Å². The van der Waals surface area contributed by atoms with Crippen LogP contribution < -0.4 is 5.32 Å². The van der Waals surface area contributed by atoms with Gasteiger partial charge in [-0.3, -0.25) is 14.5 Å². The molecule has 1 heterocycles. The van der Waals surface area contributed by atoms with Gasteiger partial charge in [-0.2, -0.15) is 0 Å². The van der Waals surface area contributed by atoms with Crippen LogP contribution in [0.3, 0.4) is 0 Å². The maximum Gasteiger partial charge on any atom is 0.238 e. The molecule has 0 spiro atoms. The smallest absolute Gasteiger partial charge is 0.238 e. The number of amides is 2. The van der Waals surface area contributed by atoms with E-state index >= 15 is 0 Å². The highest BCUT2D eigenvalue weighted by atomic mass is 35.5. The van der Waals surface area contributed by atoms with Gasteiger partial charge in [0.1, 0.15) is 0 Å². The van der Waals surface area contributed by atoms with E-state index in [0.717, 1.165) is 25.9 Å². The van der Waals surface area contributed by atoms with E-state index in [9.17, 15) is 9.59 Å². The van der Waals surface area contributed by atoms with Crippen LogP contribution in [-0.2, 0) is 9.59 Å². The van der Waals surface area contributed by atoms with Gasteiger partial charge in [-0.05, 0) is 31.0 Å². The summed E-state index contributed by atoms with van der Waals surface area (Å²) < 4.78 is 0. The molecule has 124 valence electrons. The second-order valence-corrected chi connectivity index (χ2v) is 6.87. The summed E-state index contributed by atoms with van der Waals surface area (Å²) in [6.07, 6.45) is 2.07. The Morgan fingerprint density at radius 3 is 2.39 bits per heavy atom. The van der Waals surface area contributed by atoms with Gasteiger partial charge in [-0.25, -0.2) is 0 Å². The average molecular weight is 356 g/mol. The molecule has 23 heavy (non-hydrogen) atoms. The summed E-state index contributed by atoms with van der Waals surface area (Å²) in [5, 5.41) is 3.69. The third-order valence-electron chi connectivity index (χ3n) is 4.18. The summed E-state index contributed by atoms with van der Waals surface area (Å²) in [4.78, 5) is 28.1. The van der Waals surface area contributed by atoms with Crippen molar-refractivity contribution in [1.82, 2.24) is 9.80 Å². The average Bonchev–Trinajstić information content (AvgIpc) is 3.36. The molecule has 3 rings (SSSR count). The number of piperazine rings is 1. The molecule has 1 aliphatic heterocycles. The van der Waals surface area contributed by atoms with Crippen molar-refractivity contribution in [3.05, 3.63) is 28.2 Å². The number of nitrogens with zero attached hydrogens (tertiary/aromatic N) is 2. The van der Waals surface area contributed by atoms with Crippen molar-refractivity contribution in [2.24, 2.45) is 5.92 Å². The van der Waals surface area contributed by atoms with Gasteiger partial charge in [0.25, 0.3) is 0 Å². The number of nitrogens with one attached hydrogen (secondary N) is 1. The fourth-order valence-corrected chi connectivity index (χ4v) is 2.99. The Bertz CT molecular complexity index is 611. The summed E-state index contributed by atoms with van der Waals surface area (Å²) in [5.41, 5.74) is 0.631. The monoisotopic (exact) mass is 355 g/mol. The Hall–Kier alpha value is -1.30. The van der Waals surface area contributed by atoms with E-state index < -0.39 is 0 Å². The first-order chi connectivity index (χ1) is 11.0. The molecule has 1 aliphatic carbocycles. The van der Waals surface area contributed by atoms with E-state index in [4.69, 9.17) is 23.2 Å². The number of carbonyl (C=O) groups excluding carboxylic acids is 2. The van der Waals surface area contributed by atoms with Crippen LogP contribution in [0.25, 0.3) is 0 Å². The summed E-state index contributed by atoms with van der Waals surface area (Å²) >= 11 is 11.8. The highest BCUT2D eigenvalue weighted by molar-refractivity contribution is 6.42. The van der Waals surface area contributed by atoms with Crippen LogP contribution in [0.2, 0.25) is 10.0 Å². The molecule has 0 atom stereocenters. The van der Waals surface area contributed by atoms with Crippen molar-refractivity contribution >= 4 is 40.7 Å². The van der Waals surface area contributed by atoms with Gasteiger partial charge < -0.3 is 10.2 Å². The predicted octanol–water partition coefficient (Wildman–Crippen LogP) is 2.49. The topological polar surface area (TPSA) is 52.7 Å². The van der Waals surface area contributed by atoms with Crippen LogP contribution in [0, 0.1) is 5.92 Å². The molecule has 1 aromatic rings. The van der Waals surface area contributed by atoms with Crippen molar-refractivity contribution in [2.45, 2.75) is 12.8 Å². The molecular formula is C16H19Cl2N3O2. The zero-order valence-electron chi connectivity index (χ0n) is 12.7. The molecule has 1 saturated heterocycles.